The van der Waals surface area contributed by atoms with Crippen LogP contribution in [0.25, 0.3) is 0 Å². The zero-order chi connectivity index (χ0) is 11.3. The van der Waals surface area contributed by atoms with Gasteiger partial charge < -0.3 is 0 Å². The van der Waals surface area contributed by atoms with Crippen molar-refractivity contribution < 1.29 is 0 Å². The van der Waals surface area contributed by atoms with Crippen molar-refractivity contribution in [1.82, 2.24) is 0 Å². The monoisotopic (exact) mass is 239 g/mol. The summed E-state index contributed by atoms with van der Waals surface area (Å²) in [5, 5.41) is 9.80. The average Bonchev–Trinajstić information content (AvgIpc) is 2.27. The maximum Gasteiger partial charge on any atom is 0.0988 e. The first-order chi connectivity index (χ1) is 7.17. The smallest absolute Gasteiger partial charge is 0.0988 e. The van der Waals surface area contributed by atoms with Crippen molar-refractivity contribution in [2.75, 3.05) is 0 Å². The van der Waals surface area contributed by atoms with Crippen LogP contribution >= 0.6 is 23.4 Å². The molecule has 0 heterocycles. The summed E-state index contributed by atoms with van der Waals surface area (Å²) in [6, 6.07) is 9.97. The Hall–Kier alpha value is -0.650. The van der Waals surface area contributed by atoms with E-state index in [0.717, 1.165) is 16.3 Å². The third-order valence-corrected chi connectivity index (χ3v) is 3.98. The molecular formula is C12H14ClNS. The van der Waals surface area contributed by atoms with Gasteiger partial charge in [-0.15, -0.1) is 11.8 Å². The maximum atomic E-state index is 9.05. The van der Waals surface area contributed by atoms with Gasteiger partial charge in [0.1, 0.15) is 0 Å². The van der Waals surface area contributed by atoms with Gasteiger partial charge >= 0.3 is 0 Å². The van der Waals surface area contributed by atoms with Crippen LogP contribution in [0.2, 0.25) is 5.02 Å². The number of thioether (sulfide) groups is 1. The highest BCUT2D eigenvalue weighted by Gasteiger charge is 2.16. The van der Waals surface area contributed by atoms with Crippen LogP contribution in [0.15, 0.2) is 29.2 Å². The molecule has 2 atom stereocenters. The molecule has 2 unspecified atom stereocenters. The van der Waals surface area contributed by atoms with Gasteiger partial charge in [-0.25, -0.2) is 0 Å². The molecule has 3 heteroatoms. The minimum Gasteiger partial charge on any atom is -0.197 e. The average molecular weight is 240 g/mol. The summed E-state index contributed by atoms with van der Waals surface area (Å²) in [5.74, 6) is 0.413. The Morgan fingerprint density at radius 2 is 2.00 bits per heavy atom. The summed E-state index contributed by atoms with van der Waals surface area (Å²) in [4.78, 5) is 1.10. The second-order valence-corrected chi connectivity index (χ2v) is 5.16. The van der Waals surface area contributed by atoms with Crippen LogP contribution in [-0.4, -0.2) is 5.25 Å². The SMILES string of the molecule is CCC(C)C(C#N)Sc1ccc(Cl)cc1. The zero-order valence-corrected chi connectivity index (χ0v) is 10.5. The molecule has 1 rings (SSSR count). The van der Waals surface area contributed by atoms with Gasteiger partial charge in [-0.05, 0) is 30.2 Å². The van der Waals surface area contributed by atoms with Crippen LogP contribution in [0.4, 0.5) is 0 Å². The molecule has 0 saturated carbocycles. The lowest BCUT2D eigenvalue weighted by molar-refractivity contribution is 0.589. The second kappa shape index (κ2) is 6.05. The van der Waals surface area contributed by atoms with Gasteiger partial charge in [-0.3, -0.25) is 0 Å². The first-order valence-corrected chi connectivity index (χ1v) is 6.25. The molecule has 1 nitrogen and oxygen atoms in total. The molecule has 0 aromatic heterocycles. The van der Waals surface area contributed by atoms with E-state index in [0.29, 0.717) is 5.92 Å². The van der Waals surface area contributed by atoms with Crippen molar-refractivity contribution in [3.63, 3.8) is 0 Å². The molecule has 1 aromatic carbocycles. The Bertz CT molecular complexity index is 342. The molecule has 0 saturated heterocycles. The molecule has 0 radical (unpaired) electrons. The number of nitrogens with zero attached hydrogens (tertiary/aromatic N) is 1. The van der Waals surface area contributed by atoms with E-state index in [-0.39, 0.29) is 5.25 Å². The highest BCUT2D eigenvalue weighted by molar-refractivity contribution is 8.00. The van der Waals surface area contributed by atoms with E-state index in [1.54, 1.807) is 11.8 Å². The van der Waals surface area contributed by atoms with Gasteiger partial charge in [-0.1, -0.05) is 31.9 Å². The topological polar surface area (TPSA) is 23.8 Å². The molecule has 15 heavy (non-hydrogen) atoms. The highest BCUT2D eigenvalue weighted by atomic mass is 35.5. The van der Waals surface area contributed by atoms with Crippen LogP contribution in [0.5, 0.6) is 0 Å². The van der Waals surface area contributed by atoms with Gasteiger partial charge in [0.2, 0.25) is 0 Å². The van der Waals surface area contributed by atoms with E-state index in [2.05, 4.69) is 19.9 Å². The van der Waals surface area contributed by atoms with Crippen molar-refractivity contribution in [3.8, 4) is 6.07 Å². The summed E-state index contributed by atoms with van der Waals surface area (Å²) in [6.07, 6.45) is 1.03. The van der Waals surface area contributed by atoms with Gasteiger partial charge in [0.05, 0.1) is 11.3 Å². The number of halogens is 1. The Balaban J connectivity index is 2.68. The first-order valence-electron chi connectivity index (χ1n) is 4.99. The fraction of sp³-hybridized carbons (Fsp3) is 0.417. The number of benzene rings is 1. The summed E-state index contributed by atoms with van der Waals surface area (Å²) in [6.45, 7) is 4.22. The van der Waals surface area contributed by atoms with E-state index in [1.165, 1.54) is 0 Å². The molecule has 0 bridgehead atoms. The van der Waals surface area contributed by atoms with E-state index >= 15 is 0 Å². The molecule has 0 aliphatic heterocycles. The number of nitriles is 1. The summed E-state index contributed by atoms with van der Waals surface area (Å²) in [7, 11) is 0. The van der Waals surface area contributed by atoms with E-state index in [1.807, 2.05) is 24.3 Å². The van der Waals surface area contributed by atoms with Gasteiger partial charge in [0, 0.05) is 9.92 Å². The maximum absolute atomic E-state index is 9.05. The van der Waals surface area contributed by atoms with Crippen molar-refractivity contribution in [1.29, 1.82) is 5.26 Å². The lowest BCUT2D eigenvalue weighted by Crippen LogP contribution is -2.10. The lowest BCUT2D eigenvalue weighted by atomic mass is 10.1. The fourth-order valence-corrected chi connectivity index (χ4v) is 2.33. The normalized spacial score (nSPS) is 14.3. The third-order valence-electron chi connectivity index (χ3n) is 2.36. The van der Waals surface area contributed by atoms with Crippen LogP contribution in [0.1, 0.15) is 20.3 Å². The minimum absolute atomic E-state index is 0.0242. The predicted octanol–water partition coefficient (Wildman–Crippen LogP) is 4.37. The Morgan fingerprint density at radius 1 is 1.40 bits per heavy atom. The zero-order valence-electron chi connectivity index (χ0n) is 8.90. The summed E-state index contributed by atoms with van der Waals surface area (Å²) >= 11 is 7.41. The Morgan fingerprint density at radius 3 is 2.47 bits per heavy atom. The Kier molecular flexibility index (Phi) is 5.01. The van der Waals surface area contributed by atoms with Gasteiger partial charge in [0.15, 0.2) is 0 Å². The number of rotatable bonds is 4. The van der Waals surface area contributed by atoms with Crippen molar-refractivity contribution in [3.05, 3.63) is 29.3 Å². The molecular weight excluding hydrogens is 226 g/mol. The lowest BCUT2D eigenvalue weighted by Gasteiger charge is -2.14. The number of hydrogen-bond donors (Lipinski definition) is 0. The van der Waals surface area contributed by atoms with Crippen LogP contribution < -0.4 is 0 Å². The molecule has 0 spiro atoms. The van der Waals surface area contributed by atoms with E-state index in [9.17, 15) is 0 Å². The molecule has 1 aromatic rings. The molecule has 0 aliphatic carbocycles. The van der Waals surface area contributed by atoms with E-state index in [4.69, 9.17) is 16.9 Å². The van der Waals surface area contributed by atoms with Crippen molar-refractivity contribution >= 4 is 23.4 Å². The standard InChI is InChI=1S/C12H14ClNS/c1-3-9(2)12(8-14)15-11-6-4-10(13)5-7-11/h4-7,9,12H,3H2,1-2H3. The van der Waals surface area contributed by atoms with Gasteiger partial charge in [0.25, 0.3) is 0 Å². The largest absolute Gasteiger partial charge is 0.197 e. The number of hydrogen-bond acceptors (Lipinski definition) is 2. The van der Waals surface area contributed by atoms with Gasteiger partial charge in [-0.2, -0.15) is 5.26 Å². The van der Waals surface area contributed by atoms with Crippen molar-refractivity contribution in [2.24, 2.45) is 5.92 Å². The molecule has 0 N–H and O–H groups in total. The quantitative estimate of drug-likeness (QED) is 0.729. The molecule has 0 aliphatic rings. The predicted molar refractivity (Wildman–Crippen MR) is 66.2 cm³/mol. The third kappa shape index (κ3) is 3.77. The van der Waals surface area contributed by atoms with Crippen LogP contribution in [-0.2, 0) is 0 Å². The minimum atomic E-state index is 0.0242. The second-order valence-electron chi connectivity index (χ2n) is 3.51. The summed E-state index contributed by atoms with van der Waals surface area (Å²) < 4.78 is 0. The molecule has 0 fully saturated rings. The first kappa shape index (κ1) is 12.4. The fourth-order valence-electron chi connectivity index (χ4n) is 1.14. The van der Waals surface area contributed by atoms with Crippen molar-refractivity contribution in [2.45, 2.75) is 30.4 Å². The molecule has 80 valence electrons. The highest BCUT2D eigenvalue weighted by Crippen LogP contribution is 2.29. The summed E-state index contributed by atoms with van der Waals surface area (Å²) in [5.41, 5.74) is 0. The van der Waals surface area contributed by atoms with Crippen LogP contribution in [0, 0.1) is 17.2 Å². The molecule has 0 amide bonds. The van der Waals surface area contributed by atoms with Crippen LogP contribution in [0.3, 0.4) is 0 Å². The van der Waals surface area contributed by atoms with E-state index < -0.39 is 0 Å². The Labute approximate surface area is 100 Å².